The van der Waals surface area contributed by atoms with E-state index in [1.165, 1.54) is 17.4 Å². The van der Waals surface area contributed by atoms with Crippen LogP contribution in [-0.4, -0.2) is 10.5 Å². The monoisotopic (exact) mass is 288 g/mol. The van der Waals surface area contributed by atoms with Crippen LogP contribution in [0.2, 0.25) is 0 Å². The van der Waals surface area contributed by atoms with Crippen LogP contribution < -0.4 is 11.1 Å². The van der Waals surface area contributed by atoms with Crippen LogP contribution in [0.1, 0.15) is 32.6 Å². The highest BCUT2D eigenvalue weighted by Crippen LogP contribution is 2.32. The van der Waals surface area contributed by atoms with Gasteiger partial charge in [0.25, 0.3) is 0 Å². The molecule has 1 aromatic carbocycles. The number of nitrogens with one attached hydrogen (secondary N) is 1. The number of aromatic nitrogens is 1. The standard InChI is InChI=1S/C16H20N2O3/c1-10(11-5-3-4-6-11)15(19)17-12-7-8-14-13(9-12)18(2)16(20)21-14/h7-11H,3-6H2,1-2H3,(H,17,19). The number of hydrogen-bond donors (Lipinski definition) is 1. The van der Waals surface area contributed by atoms with Crippen LogP contribution in [-0.2, 0) is 11.8 Å². The van der Waals surface area contributed by atoms with E-state index in [-0.39, 0.29) is 11.8 Å². The summed E-state index contributed by atoms with van der Waals surface area (Å²) in [6, 6.07) is 5.26. The third-order valence-corrected chi connectivity index (χ3v) is 4.58. The zero-order valence-electron chi connectivity index (χ0n) is 12.4. The molecule has 0 aliphatic heterocycles. The highest BCUT2D eigenvalue weighted by molar-refractivity contribution is 5.94. The summed E-state index contributed by atoms with van der Waals surface area (Å²) in [5.41, 5.74) is 1.92. The van der Waals surface area contributed by atoms with Crippen molar-refractivity contribution in [3.05, 3.63) is 28.7 Å². The summed E-state index contributed by atoms with van der Waals surface area (Å²) in [7, 11) is 1.65. The molecule has 21 heavy (non-hydrogen) atoms. The largest absolute Gasteiger partial charge is 0.419 e. The lowest BCUT2D eigenvalue weighted by Crippen LogP contribution is -2.25. The lowest BCUT2D eigenvalue weighted by atomic mass is 9.92. The quantitative estimate of drug-likeness (QED) is 0.944. The van der Waals surface area contributed by atoms with Crippen molar-refractivity contribution in [3.8, 4) is 0 Å². The van der Waals surface area contributed by atoms with E-state index < -0.39 is 5.76 Å². The van der Waals surface area contributed by atoms with Crippen molar-refractivity contribution >= 4 is 22.7 Å². The Hall–Kier alpha value is -2.04. The molecule has 1 aliphatic carbocycles. The number of fused-ring (bicyclic) bond motifs is 1. The predicted molar refractivity (Wildman–Crippen MR) is 81.2 cm³/mol. The highest BCUT2D eigenvalue weighted by Gasteiger charge is 2.26. The summed E-state index contributed by atoms with van der Waals surface area (Å²) in [5, 5.41) is 2.95. The molecule has 0 spiro atoms. The second-order valence-electron chi connectivity index (χ2n) is 5.93. The molecule has 2 aromatic rings. The smallest absolute Gasteiger partial charge is 0.408 e. The molecule has 0 saturated heterocycles. The van der Waals surface area contributed by atoms with Crippen LogP contribution in [0.15, 0.2) is 27.4 Å². The molecule has 3 rings (SSSR count). The second kappa shape index (κ2) is 5.39. The lowest BCUT2D eigenvalue weighted by molar-refractivity contribution is -0.120. The van der Waals surface area contributed by atoms with Crippen LogP contribution in [0, 0.1) is 11.8 Å². The van der Waals surface area contributed by atoms with E-state index >= 15 is 0 Å². The molecule has 1 aromatic heterocycles. The van der Waals surface area contributed by atoms with Gasteiger partial charge in [0.2, 0.25) is 5.91 Å². The SMILES string of the molecule is CC(C(=O)Nc1ccc2oc(=O)n(C)c2c1)C1CCCC1. The minimum atomic E-state index is -0.396. The Bertz CT molecular complexity index is 723. The highest BCUT2D eigenvalue weighted by atomic mass is 16.4. The molecule has 5 heteroatoms. The Morgan fingerprint density at radius 2 is 2.10 bits per heavy atom. The van der Waals surface area contributed by atoms with Crippen molar-refractivity contribution in [2.75, 3.05) is 5.32 Å². The summed E-state index contributed by atoms with van der Waals surface area (Å²) < 4.78 is 6.52. The normalized spacial score (nSPS) is 17.2. The van der Waals surface area contributed by atoms with Crippen LogP contribution in [0.5, 0.6) is 0 Å². The fraction of sp³-hybridized carbons (Fsp3) is 0.500. The van der Waals surface area contributed by atoms with Crippen LogP contribution >= 0.6 is 0 Å². The molecule has 1 amide bonds. The molecule has 1 saturated carbocycles. The number of carbonyl (C=O) groups is 1. The van der Waals surface area contributed by atoms with E-state index in [1.54, 1.807) is 25.2 Å². The number of oxazole rings is 1. The zero-order valence-corrected chi connectivity index (χ0v) is 12.4. The van der Waals surface area contributed by atoms with Gasteiger partial charge in [-0.2, -0.15) is 0 Å². The Balaban J connectivity index is 1.79. The maximum atomic E-state index is 12.3. The number of aryl methyl sites for hydroxylation is 1. The Labute approximate surface area is 122 Å². The number of anilines is 1. The first-order valence-electron chi connectivity index (χ1n) is 7.46. The fourth-order valence-electron chi connectivity index (χ4n) is 3.13. The Kier molecular flexibility index (Phi) is 3.57. The Morgan fingerprint density at radius 1 is 1.38 bits per heavy atom. The second-order valence-corrected chi connectivity index (χ2v) is 5.93. The van der Waals surface area contributed by atoms with E-state index in [9.17, 15) is 9.59 Å². The van der Waals surface area contributed by atoms with E-state index in [2.05, 4.69) is 5.32 Å². The van der Waals surface area contributed by atoms with Gasteiger partial charge in [-0.25, -0.2) is 4.79 Å². The zero-order chi connectivity index (χ0) is 15.0. The van der Waals surface area contributed by atoms with Gasteiger partial charge in [0, 0.05) is 18.7 Å². The van der Waals surface area contributed by atoms with Gasteiger partial charge in [-0.3, -0.25) is 9.36 Å². The molecule has 0 bridgehead atoms. The molecule has 1 fully saturated rings. The maximum Gasteiger partial charge on any atom is 0.419 e. The summed E-state index contributed by atoms with van der Waals surface area (Å²) >= 11 is 0. The average Bonchev–Trinajstić information content (AvgIpc) is 3.09. The van der Waals surface area contributed by atoms with Crippen molar-refractivity contribution in [2.45, 2.75) is 32.6 Å². The van der Waals surface area contributed by atoms with Gasteiger partial charge in [0.05, 0.1) is 5.52 Å². The van der Waals surface area contributed by atoms with E-state index in [0.29, 0.717) is 22.7 Å². The van der Waals surface area contributed by atoms with Gasteiger partial charge in [-0.05, 0) is 37.0 Å². The predicted octanol–water partition coefficient (Wildman–Crippen LogP) is 2.90. The minimum Gasteiger partial charge on any atom is -0.408 e. The van der Waals surface area contributed by atoms with Crippen molar-refractivity contribution in [3.63, 3.8) is 0 Å². The van der Waals surface area contributed by atoms with Gasteiger partial charge in [-0.1, -0.05) is 19.8 Å². The molecular formula is C16H20N2O3. The number of carbonyl (C=O) groups excluding carboxylic acids is 1. The minimum absolute atomic E-state index is 0.0244. The van der Waals surface area contributed by atoms with Crippen molar-refractivity contribution in [2.24, 2.45) is 18.9 Å². The summed E-state index contributed by atoms with van der Waals surface area (Å²) in [4.78, 5) is 23.8. The number of benzene rings is 1. The van der Waals surface area contributed by atoms with Gasteiger partial charge in [-0.15, -0.1) is 0 Å². The molecule has 1 unspecified atom stereocenters. The fourth-order valence-corrected chi connectivity index (χ4v) is 3.13. The Morgan fingerprint density at radius 3 is 2.81 bits per heavy atom. The molecule has 1 N–H and O–H groups in total. The molecule has 5 nitrogen and oxygen atoms in total. The topological polar surface area (TPSA) is 64.2 Å². The molecule has 0 radical (unpaired) electrons. The summed E-state index contributed by atoms with van der Waals surface area (Å²) in [6.45, 7) is 2.00. The van der Waals surface area contributed by atoms with E-state index in [4.69, 9.17) is 4.42 Å². The molecule has 1 atom stereocenters. The third-order valence-electron chi connectivity index (χ3n) is 4.58. The average molecular weight is 288 g/mol. The lowest BCUT2D eigenvalue weighted by Gasteiger charge is -2.18. The summed E-state index contributed by atoms with van der Waals surface area (Å²) in [5.74, 6) is 0.172. The number of amides is 1. The van der Waals surface area contributed by atoms with Crippen LogP contribution in [0.3, 0.4) is 0 Å². The van der Waals surface area contributed by atoms with E-state index in [0.717, 1.165) is 12.8 Å². The van der Waals surface area contributed by atoms with Crippen molar-refractivity contribution in [1.82, 2.24) is 4.57 Å². The maximum absolute atomic E-state index is 12.3. The van der Waals surface area contributed by atoms with Crippen molar-refractivity contribution < 1.29 is 9.21 Å². The van der Waals surface area contributed by atoms with E-state index in [1.807, 2.05) is 6.92 Å². The number of rotatable bonds is 3. The molecule has 1 heterocycles. The van der Waals surface area contributed by atoms with Gasteiger partial charge in [0.1, 0.15) is 0 Å². The van der Waals surface area contributed by atoms with Gasteiger partial charge in [0.15, 0.2) is 5.58 Å². The number of nitrogens with zero attached hydrogens (tertiary/aromatic N) is 1. The number of hydrogen-bond acceptors (Lipinski definition) is 3. The molecule has 1 aliphatic rings. The molecule has 112 valence electrons. The van der Waals surface area contributed by atoms with Gasteiger partial charge < -0.3 is 9.73 Å². The van der Waals surface area contributed by atoms with Crippen LogP contribution in [0.4, 0.5) is 5.69 Å². The first kappa shape index (κ1) is 13.9. The summed E-state index contributed by atoms with van der Waals surface area (Å²) in [6.07, 6.45) is 4.74. The van der Waals surface area contributed by atoms with Gasteiger partial charge >= 0.3 is 5.76 Å². The van der Waals surface area contributed by atoms with Crippen LogP contribution in [0.25, 0.3) is 11.1 Å². The first-order chi connectivity index (χ1) is 10.1. The molecular weight excluding hydrogens is 268 g/mol. The first-order valence-corrected chi connectivity index (χ1v) is 7.46. The van der Waals surface area contributed by atoms with Crippen molar-refractivity contribution in [1.29, 1.82) is 0 Å². The third kappa shape index (κ3) is 2.60.